The highest BCUT2D eigenvalue weighted by Gasteiger charge is 2.46. The number of nitrogens with one attached hydrogen (secondary N) is 5. The molecular formula is C56H79FN12O7. The van der Waals surface area contributed by atoms with Crippen molar-refractivity contribution in [3.63, 3.8) is 0 Å². The Morgan fingerprint density at radius 3 is 2.33 bits per heavy atom. The van der Waals surface area contributed by atoms with Gasteiger partial charge in [-0.15, -0.1) is 0 Å². The van der Waals surface area contributed by atoms with E-state index < -0.39 is 53.3 Å². The van der Waals surface area contributed by atoms with Gasteiger partial charge in [0.1, 0.15) is 30.1 Å². The number of rotatable bonds is 23. The van der Waals surface area contributed by atoms with Gasteiger partial charge in [0.2, 0.25) is 35.4 Å². The van der Waals surface area contributed by atoms with Crippen LogP contribution in [-0.2, 0) is 41.9 Å². The zero-order valence-corrected chi connectivity index (χ0v) is 45.7. The van der Waals surface area contributed by atoms with E-state index in [2.05, 4.69) is 42.7 Å². The molecule has 4 heterocycles. The summed E-state index contributed by atoms with van der Waals surface area (Å²) in [6.07, 6.45) is 10.8. The van der Waals surface area contributed by atoms with E-state index in [1.807, 2.05) is 58.0 Å². The summed E-state index contributed by atoms with van der Waals surface area (Å²) in [6, 6.07) is 10.3. The quantitative estimate of drug-likeness (QED) is 0.0479. The van der Waals surface area contributed by atoms with Gasteiger partial charge in [0.25, 0.3) is 0 Å². The highest BCUT2D eigenvalue weighted by atomic mass is 19.1. The van der Waals surface area contributed by atoms with Crippen LogP contribution in [0.4, 0.5) is 10.2 Å². The number of likely N-dealkylation sites (tertiary alicyclic amines) is 1. The summed E-state index contributed by atoms with van der Waals surface area (Å²) in [5.41, 5.74) is 7.98. The first-order chi connectivity index (χ1) is 36.2. The number of fused-ring (bicyclic) bond motifs is 4. The number of nitrogens with zero attached hydrogens (tertiary/aromatic N) is 6. The predicted octanol–water partition coefficient (Wildman–Crippen LogP) is 5.91. The van der Waals surface area contributed by atoms with Gasteiger partial charge in [0.15, 0.2) is 17.3 Å². The molecule has 0 saturated carbocycles. The Labute approximate surface area is 447 Å². The van der Waals surface area contributed by atoms with Crippen LogP contribution in [0, 0.1) is 22.7 Å². The fourth-order valence-electron chi connectivity index (χ4n) is 9.52. The molecule has 2 bridgehead atoms. The Balaban J connectivity index is 1.10. The molecule has 7 N–H and O–H groups in total. The molecule has 0 aliphatic carbocycles. The molecule has 1 aromatic carbocycles. The van der Waals surface area contributed by atoms with Crippen molar-refractivity contribution >= 4 is 41.3 Å². The van der Waals surface area contributed by atoms with Crippen molar-refractivity contribution in [3.05, 3.63) is 83.6 Å². The Hall–Kier alpha value is -7.14. The van der Waals surface area contributed by atoms with Crippen molar-refractivity contribution in [2.24, 2.45) is 11.3 Å². The number of carbonyl (C=O) groups excluding carboxylic acids is 6. The third-order valence-electron chi connectivity index (χ3n) is 14.0. The number of nitrogen functional groups attached to an aromatic ring is 1. The van der Waals surface area contributed by atoms with E-state index in [4.69, 9.17) is 10.5 Å². The van der Waals surface area contributed by atoms with E-state index in [-0.39, 0.29) is 91.9 Å². The first-order valence-electron chi connectivity index (χ1n) is 26.6. The number of hydrogen-bond donors (Lipinski definition) is 6. The number of nitriles is 1. The fraction of sp³-hybridized carbons (Fsp3) is 0.554. The summed E-state index contributed by atoms with van der Waals surface area (Å²) >= 11 is 0. The lowest BCUT2D eigenvalue weighted by atomic mass is 9.85. The van der Waals surface area contributed by atoms with E-state index >= 15 is 0 Å². The van der Waals surface area contributed by atoms with Crippen LogP contribution in [0.2, 0.25) is 0 Å². The van der Waals surface area contributed by atoms with E-state index in [1.54, 1.807) is 45.6 Å². The van der Waals surface area contributed by atoms with E-state index in [0.29, 0.717) is 42.5 Å². The molecule has 2 aromatic heterocycles. The molecule has 2 aliphatic heterocycles. The second kappa shape index (κ2) is 28.1. The number of unbranched alkanes of at least 4 members (excludes halogenated alkanes) is 5. The van der Waals surface area contributed by atoms with Crippen molar-refractivity contribution < 1.29 is 37.9 Å². The van der Waals surface area contributed by atoms with Gasteiger partial charge in [-0.3, -0.25) is 33.4 Å². The summed E-state index contributed by atoms with van der Waals surface area (Å²) in [5, 5.41) is 29.7. The number of carbonyl (C=O) groups is 6. The molecule has 1 saturated heterocycles. The van der Waals surface area contributed by atoms with Crippen LogP contribution < -0.4 is 37.1 Å². The summed E-state index contributed by atoms with van der Waals surface area (Å²) in [7, 11) is 3.25. The van der Waals surface area contributed by atoms with E-state index in [9.17, 15) is 38.4 Å². The molecule has 2 aliphatic rings. The fourth-order valence-corrected chi connectivity index (χ4v) is 9.52. The van der Waals surface area contributed by atoms with Gasteiger partial charge in [0.05, 0.1) is 36.8 Å². The second-order valence-electron chi connectivity index (χ2n) is 20.9. The minimum absolute atomic E-state index is 0.0132. The minimum atomic E-state index is -1.03. The van der Waals surface area contributed by atoms with Gasteiger partial charge in [-0.05, 0) is 82.7 Å². The maximum Gasteiger partial charge on any atom is 0.246 e. The van der Waals surface area contributed by atoms with Crippen LogP contribution in [0.15, 0.2) is 66.6 Å². The van der Waals surface area contributed by atoms with Gasteiger partial charge >= 0.3 is 0 Å². The van der Waals surface area contributed by atoms with Crippen LogP contribution >= 0.6 is 0 Å². The number of aromatic nitrogens is 3. The van der Waals surface area contributed by atoms with Crippen molar-refractivity contribution in [1.29, 1.82) is 5.26 Å². The average Bonchev–Trinajstić information content (AvgIpc) is 3.97. The molecule has 7 atom stereocenters. The summed E-state index contributed by atoms with van der Waals surface area (Å²) < 4.78 is 22.5. The number of allylic oxidation sites excluding steroid dienone is 3. The molecule has 76 heavy (non-hydrogen) atoms. The zero-order chi connectivity index (χ0) is 55.7. The van der Waals surface area contributed by atoms with Crippen LogP contribution in [0.3, 0.4) is 0 Å². The van der Waals surface area contributed by atoms with E-state index in [1.165, 1.54) is 34.2 Å². The Bertz CT molecular complexity index is 2610. The van der Waals surface area contributed by atoms with Crippen molar-refractivity contribution in [3.8, 4) is 22.9 Å². The summed E-state index contributed by atoms with van der Waals surface area (Å²) in [6.45, 7) is 13.1. The number of anilines is 1. The Morgan fingerprint density at radius 1 is 1.03 bits per heavy atom. The number of pyridine rings is 1. The van der Waals surface area contributed by atoms with Crippen molar-refractivity contribution in [1.82, 2.24) is 51.1 Å². The first-order valence-corrected chi connectivity index (χ1v) is 26.6. The minimum Gasteiger partial charge on any atom is -0.486 e. The first kappa shape index (κ1) is 59.7. The molecule has 3 aromatic rings. The largest absolute Gasteiger partial charge is 0.486 e. The predicted molar refractivity (Wildman–Crippen MR) is 288 cm³/mol. The molecule has 0 spiro atoms. The number of ether oxygens (including phenoxy) is 1. The molecule has 19 nitrogen and oxygen atoms in total. The molecule has 412 valence electrons. The number of halogens is 1. The molecule has 0 radical (unpaired) electrons. The second-order valence-corrected chi connectivity index (χ2v) is 20.9. The number of benzene rings is 1. The maximum atomic E-state index is 14.8. The molecule has 5 rings (SSSR count). The molecule has 6 amide bonds. The number of amides is 6. The normalized spacial score (nSPS) is 19.1. The van der Waals surface area contributed by atoms with Gasteiger partial charge < -0.3 is 46.9 Å². The van der Waals surface area contributed by atoms with Crippen LogP contribution in [0.25, 0.3) is 11.1 Å². The maximum absolute atomic E-state index is 14.8. The molecule has 1 unspecified atom stereocenters. The number of nitrogens with two attached hydrogens (primary N) is 1. The smallest absolute Gasteiger partial charge is 0.246 e. The SMILES string of the molecule is C/C=C\C(F)=C/C1C(=O)N(C)Cc2c(c(C#N)nn2CCNC(=O)CCCCCCCCC(=O)N[C@H]2C[C@@H](C(=O)N[C@H](CC)c3ccccc3)N(C(=O)[C@@H](NC(=O)[C@H](C)NC)C(C)(C)C)C2)-c2cnc(N)c(c2)O[C@@H]1C. The van der Waals surface area contributed by atoms with Gasteiger partial charge in [-0.25, -0.2) is 9.37 Å². The molecule has 20 heteroatoms. The van der Waals surface area contributed by atoms with Crippen LogP contribution in [0.5, 0.6) is 5.75 Å². The lowest BCUT2D eigenvalue weighted by Gasteiger charge is -2.36. The Morgan fingerprint density at radius 2 is 1.70 bits per heavy atom. The summed E-state index contributed by atoms with van der Waals surface area (Å²) in [5.74, 6) is -3.17. The monoisotopic (exact) mass is 1050 g/mol. The standard InChI is InChI=1S/C56H79FN12O7/c1-10-21-39(57)29-41-36(4)76-46-28-38(32-62-51(46)59)49-43(31-58)66-69(45(49)34-67(9)54(41)74)27-26-61-47(70)24-19-14-12-13-15-20-25-48(71)63-40-30-44(53(73)64-42(11-2)37-22-17-16-18-23-37)68(33-40)55(75)50(56(5,6)7)65-52(72)35(3)60-8/h10,16-18,21-23,28-29,32,35-36,40-42,44,50,60H,11-15,19-20,24-27,30,33-34H2,1-9H3,(H2,59,62)(H,61,70)(H,63,71)(H,64,73)(H,65,72)/b21-10-,39-29+/t35-,36+,40-,41?,42+,44-,50+/m0/s1. The summed E-state index contributed by atoms with van der Waals surface area (Å²) in [4.78, 5) is 88.9. The van der Waals surface area contributed by atoms with Gasteiger partial charge in [-0.1, -0.05) is 89.8 Å². The van der Waals surface area contributed by atoms with Gasteiger partial charge in [0, 0.05) is 56.3 Å². The third kappa shape index (κ3) is 16.2. The zero-order valence-electron chi connectivity index (χ0n) is 45.7. The van der Waals surface area contributed by atoms with Crippen molar-refractivity contribution in [2.75, 3.05) is 32.9 Å². The highest BCUT2D eigenvalue weighted by Crippen LogP contribution is 2.35. The van der Waals surface area contributed by atoms with Crippen molar-refractivity contribution in [2.45, 2.75) is 162 Å². The lowest BCUT2D eigenvalue weighted by molar-refractivity contribution is -0.144. The number of likely N-dealkylation sites (N-methyl/N-ethyl adjacent to an activating group) is 1. The Kier molecular flexibility index (Phi) is 22.1. The van der Waals surface area contributed by atoms with Crippen LogP contribution in [-0.4, -0.2) is 117 Å². The third-order valence-corrected chi connectivity index (χ3v) is 14.0. The van der Waals surface area contributed by atoms with Gasteiger partial charge in [-0.2, -0.15) is 10.4 Å². The highest BCUT2D eigenvalue weighted by molar-refractivity contribution is 5.94. The lowest BCUT2D eigenvalue weighted by Crippen LogP contribution is -2.59. The molecule has 1 fully saturated rings. The number of hydrogen-bond acceptors (Lipinski definition) is 12. The topological polar surface area (TPSA) is 259 Å². The van der Waals surface area contributed by atoms with E-state index in [0.717, 1.165) is 31.2 Å². The van der Waals surface area contributed by atoms with Crippen LogP contribution in [0.1, 0.15) is 136 Å². The molecular weight excluding hydrogens is 972 g/mol. The average molecular weight is 1050 g/mol.